The normalized spacial score (nSPS) is 11.0. The fourth-order valence-electron chi connectivity index (χ4n) is 2.10. The summed E-state index contributed by atoms with van der Waals surface area (Å²) in [6.07, 6.45) is 1.79. The first-order valence-corrected chi connectivity index (χ1v) is 7.48. The Hall–Kier alpha value is -2.43. The van der Waals surface area contributed by atoms with Crippen molar-refractivity contribution in [3.8, 4) is 0 Å². The number of hydrogen-bond donors (Lipinski definition) is 1. The van der Waals surface area contributed by atoms with Crippen LogP contribution >= 0.6 is 0 Å². The van der Waals surface area contributed by atoms with Crippen molar-refractivity contribution < 1.29 is 8.78 Å². The average molecular weight is 317 g/mol. The minimum Gasteiger partial charge on any atom is -0.366 e. The SMILES string of the molecule is CCN(C)/C=N\c1cc(C)c(Nc2cc(F)cc(F)c2)cc1C. The molecule has 0 aliphatic heterocycles. The van der Waals surface area contributed by atoms with Crippen LogP contribution in [-0.4, -0.2) is 24.8 Å². The van der Waals surface area contributed by atoms with Crippen LogP contribution in [0, 0.1) is 25.5 Å². The van der Waals surface area contributed by atoms with Gasteiger partial charge in [-0.25, -0.2) is 13.8 Å². The summed E-state index contributed by atoms with van der Waals surface area (Å²) < 4.78 is 26.6. The molecule has 122 valence electrons. The summed E-state index contributed by atoms with van der Waals surface area (Å²) in [6, 6.07) is 7.26. The van der Waals surface area contributed by atoms with Gasteiger partial charge in [-0.3, -0.25) is 0 Å². The average Bonchev–Trinajstić information content (AvgIpc) is 2.47. The van der Waals surface area contributed by atoms with Crippen LogP contribution in [0.25, 0.3) is 0 Å². The highest BCUT2D eigenvalue weighted by atomic mass is 19.1. The molecule has 0 radical (unpaired) electrons. The van der Waals surface area contributed by atoms with Crippen LogP contribution in [0.4, 0.5) is 25.8 Å². The van der Waals surface area contributed by atoms with E-state index in [9.17, 15) is 8.78 Å². The summed E-state index contributed by atoms with van der Waals surface area (Å²) in [4.78, 5) is 6.45. The molecule has 3 nitrogen and oxygen atoms in total. The fraction of sp³-hybridized carbons (Fsp3) is 0.278. The highest BCUT2D eigenvalue weighted by Crippen LogP contribution is 2.29. The molecule has 0 saturated heterocycles. The van der Waals surface area contributed by atoms with Gasteiger partial charge in [0.05, 0.1) is 12.0 Å². The molecule has 2 rings (SSSR count). The van der Waals surface area contributed by atoms with Crippen LogP contribution in [0.1, 0.15) is 18.1 Å². The number of hydrogen-bond acceptors (Lipinski definition) is 2. The molecule has 0 bridgehead atoms. The van der Waals surface area contributed by atoms with Crippen LogP contribution in [0.5, 0.6) is 0 Å². The molecular weight excluding hydrogens is 296 g/mol. The Morgan fingerprint density at radius 1 is 1.04 bits per heavy atom. The molecule has 0 unspecified atom stereocenters. The monoisotopic (exact) mass is 317 g/mol. The van der Waals surface area contributed by atoms with E-state index in [0.29, 0.717) is 5.69 Å². The van der Waals surface area contributed by atoms with Gasteiger partial charge in [0.25, 0.3) is 0 Å². The van der Waals surface area contributed by atoms with E-state index in [0.717, 1.165) is 35.1 Å². The Kier molecular flexibility index (Phi) is 5.32. The molecule has 1 N–H and O–H groups in total. The van der Waals surface area contributed by atoms with Gasteiger partial charge in [-0.2, -0.15) is 0 Å². The minimum absolute atomic E-state index is 0.381. The second kappa shape index (κ2) is 7.22. The predicted molar refractivity (Wildman–Crippen MR) is 92.0 cm³/mol. The number of rotatable bonds is 5. The minimum atomic E-state index is -0.606. The van der Waals surface area contributed by atoms with Gasteiger partial charge in [0.2, 0.25) is 0 Å². The molecule has 0 aliphatic rings. The zero-order valence-corrected chi connectivity index (χ0v) is 13.8. The lowest BCUT2D eigenvalue weighted by atomic mass is 10.1. The van der Waals surface area contributed by atoms with Gasteiger partial charge < -0.3 is 10.2 Å². The van der Waals surface area contributed by atoms with E-state index in [1.165, 1.54) is 12.1 Å². The maximum atomic E-state index is 13.3. The molecule has 0 fully saturated rings. The van der Waals surface area contributed by atoms with E-state index in [1.807, 2.05) is 37.9 Å². The highest BCUT2D eigenvalue weighted by Gasteiger charge is 2.06. The lowest BCUT2D eigenvalue weighted by molar-refractivity contribution is 0.552. The maximum absolute atomic E-state index is 13.3. The van der Waals surface area contributed by atoms with E-state index in [1.54, 1.807) is 6.34 Å². The Bertz CT molecular complexity index is 706. The molecule has 0 spiro atoms. The van der Waals surface area contributed by atoms with E-state index in [4.69, 9.17) is 0 Å². The smallest absolute Gasteiger partial charge is 0.128 e. The number of halogens is 2. The molecule has 2 aromatic rings. The topological polar surface area (TPSA) is 27.6 Å². The standard InChI is InChI=1S/C18H21F2N3/c1-5-23(4)11-21-17-6-13(3)18(7-12(17)2)22-16-9-14(19)8-15(20)10-16/h6-11,22H,5H2,1-4H3/b21-11-. The lowest BCUT2D eigenvalue weighted by Crippen LogP contribution is -2.14. The molecule has 0 aliphatic carbocycles. The van der Waals surface area contributed by atoms with Gasteiger partial charge in [-0.15, -0.1) is 0 Å². The van der Waals surface area contributed by atoms with E-state index in [2.05, 4.69) is 17.2 Å². The summed E-state index contributed by atoms with van der Waals surface area (Å²) in [5, 5.41) is 3.06. The summed E-state index contributed by atoms with van der Waals surface area (Å²) in [7, 11) is 1.96. The molecule has 2 aromatic carbocycles. The summed E-state index contributed by atoms with van der Waals surface area (Å²) in [5.41, 5.74) is 3.99. The van der Waals surface area contributed by atoms with Crippen molar-refractivity contribution in [3.05, 3.63) is 53.1 Å². The Morgan fingerprint density at radius 2 is 1.70 bits per heavy atom. The van der Waals surface area contributed by atoms with E-state index >= 15 is 0 Å². The zero-order chi connectivity index (χ0) is 17.0. The van der Waals surface area contributed by atoms with Crippen molar-refractivity contribution in [1.82, 2.24) is 4.90 Å². The lowest BCUT2D eigenvalue weighted by Gasteiger charge is -2.13. The number of benzene rings is 2. The maximum Gasteiger partial charge on any atom is 0.128 e. The number of nitrogens with zero attached hydrogens (tertiary/aromatic N) is 2. The first-order chi connectivity index (χ1) is 10.9. The summed E-state index contributed by atoms with van der Waals surface area (Å²) in [6.45, 7) is 6.82. The molecule has 0 saturated carbocycles. The second-order valence-corrected chi connectivity index (χ2v) is 5.55. The van der Waals surface area contributed by atoms with Gasteiger partial charge >= 0.3 is 0 Å². The largest absolute Gasteiger partial charge is 0.366 e. The van der Waals surface area contributed by atoms with Crippen LogP contribution < -0.4 is 5.32 Å². The van der Waals surface area contributed by atoms with Gasteiger partial charge in [-0.05, 0) is 56.2 Å². The molecule has 5 heteroatoms. The van der Waals surface area contributed by atoms with Crippen molar-refractivity contribution in [1.29, 1.82) is 0 Å². The molecule has 0 atom stereocenters. The molecule has 0 aromatic heterocycles. The number of aliphatic imine (C=N–C) groups is 1. The van der Waals surface area contributed by atoms with Gasteiger partial charge in [-0.1, -0.05) is 0 Å². The second-order valence-electron chi connectivity index (χ2n) is 5.55. The van der Waals surface area contributed by atoms with Crippen molar-refractivity contribution in [2.75, 3.05) is 18.9 Å². The molecule has 23 heavy (non-hydrogen) atoms. The molecule has 0 heterocycles. The quantitative estimate of drug-likeness (QED) is 0.625. The van der Waals surface area contributed by atoms with E-state index < -0.39 is 11.6 Å². The number of nitrogens with one attached hydrogen (secondary N) is 1. The summed E-state index contributed by atoms with van der Waals surface area (Å²) in [5.74, 6) is -1.21. The van der Waals surface area contributed by atoms with Crippen molar-refractivity contribution in [2.24, 2.45) is 4.99 Å². The zero-order valence-electron chi connectivity index (χ0n) is 13.8. The third-order valence-electron chi connectivity index (χ3n) is 3.58. The van der Waals surface area contributed by atoms with Crippen molar-refractivity contribution in [2.45, 2.75) is 20.8 Å². The number of aryl methyl sites for hydroxylation is 2. The first kappa shape index (κ1) is 16.9. The Balaban J connectivity index is 2.27. The third kappa shape index (κ3) is 4.52. The highest BCUT2D eigenvalue weighted by molar-refractivity contribution is 5.70. The predicted octanol–water partition coefficient (Wildman–Crippen LogP) is 4.94. The molecular formula is C18H21F2N3. The molecule has 0 amide bonds. The first-order valence-electron chi connectivity index (χ1n) is 7.48. The van der Waals surface area contributed by atoms with Crippen molar-refractivity contribution in [3.63, 3.8) is 0 Å². The van der Waals surface area contributed by atoms with Crippen LogP contribution in [0.15, 0.2) is 35.3 Å². The van der Waals surface area contributed by atoms with Crippen LogP contribution in [0.2, 0.25) is 0 Å². The fourth-order valence-corrected chi connectivity index (χ4v) is 2.10. The van der Waals surface area contributed by atoms with Gasteiger partial charge in [0, 0.05) is 31.0 Å². The van der Waals surface area contributed by atoms with Gasteiger partial charge in [0.15, 0.2) is 0 Å². The third-order valence-corrected chi connectivity index (χ3v) is 3.58. The van der Waals surface area contributed by atoms with Gasteiger partial charge in [0.1, 0.15) is 11.6 Å². The van der Waals surface area contributed by atoms with Crippen LogP contribution in [-0.2, 0) is 0 Å². The van der Waals surface area contributed by atoms with Crippen molar-refractivity contribution >= 4 is 23.4 Å². The Morgan fingerprint density at radius 3 is 2.30 bits per heavy atom. The summed E-state index contributed by atoms with van der Waals surface area (Å²) >= 11 is 0. The Labute approximate surface area is 135 Å². The number of anilines is 2. The van der Waals surface area contributed by atoms with E-state index in [-0.39, 0.29) is 0 Å². The van der Waals surface area contributed by atoms with Crippen LogP contribution in [0.3, 0.4) is 0 Å².